The van der Waals surface area contributed by atoms with Crippen LogP contribution in [0.1, 0.15) is 169 Å². The summed E-state index contributed by atoms with van der Waals surface area (Å²) in [6, 6.07) is 34.8. The Balaban J connectivity index is 1.29. The van der Waals surface area contributed by atoms with Crippen molar-refractivity contribution in [3.63, 3.8) is 0 Å². The average molecular weight is 893 g/mol. The third kappa shape index (κ3) is 6.29. The molecule has 65 heavy (non-hydrogen) atoms. The molecular formula is C60H69BN2S2. The number of rotatable bonds is 2. The van der Waals surface area contributed by atoms with Gasteiger partial charge < -0.3 is 9.80 Å². The van der Waals surface area contributed by atoms with Crippen molar-refractivity contribution in [2.45, 2.75) is 168 Å². The summed E-state index contributed by atoms with van der Waals surface area (Å²) in [7, 11) is 0. The van der Waals surface area contributed by atoms with Crippen LogP contribution in [0.5, 0.6) is 0 Å². The molecule has 0 saturated heterocycles. The Labute approximate surface area is 398 Å². The molecule has 11 rings (SSSR count). The van der Waals surface area contributed by atoms with Crippen molar-refractivity contribution in [2.24, 2.45) is 0 Å². The zero-order valence-electron chi connectivity index (χ0n) is 42.3. The quantitative estimate of drug-likeness (QED) is 0.160. The van der Waals surface area contributed by atoms with Crippen LogP contribution in [-0.4, -0.2) is 6.71 Å². The van der Waals surface area contributed by atoms with Gasteiger partial charge in [-0.1, -0.05) is 142 Å². The van der Waals surface area contributed by atoms with E-state index in [1.807, 2.05) is 0 Å². The van der Waals surface area contributed by atoms with Crippen LogP contribution in [0.3, 0.4) is 0 Å². The highest BCUT2D eigenvalue weighted by Crippen LogP contribution is 2.57. The molecule has 5 aromatic carbocycles. The summed E-state index contributed by atoms with van der Waals surface area (Å²) in [6.45, 7) is 41.0. The van der Waals surface area contributed by atoms with Crippen LogP contribution in [0.2, 0.25) is 0 Å². The van der Waals surface area contributed by atoms with E-state index in [1.165, 1.54) is 108 Å². The largest absolute Gasteiger partial charge is 0.310 e. The molecule has 0 spiro atoms. The fraction of sp³-hybridized carbons (Fsp3) is 0.433. The Morgan fingerprint density at radius 1 is 0.431 bits per heavy atom. The lowest BCUT2D eigenvalue weighted by Gasteiger charge is -2.43. The number of benzene rings is 5. The summed E-state index contributed by atoms with van der Waals surface area (Å²) in [5, 5.41) is 2.79. The summed E-state index contributed by atoms with van der Waals surface area (Å²) in [5.41, 5.74) is 19.9. The Morgan fingerprint density at radius 3 is 1.08 bits per heavy atom. The Bertz CT molecular complexity index is 2950. The molecule has 0 bridgehead atoms. The maximum atomic E-state index is 2.70. The zero-order chi connectivity index (χ0) is 46.5. The first-order chi connectivity index (χ1) is 30.1. The third-order valence-corrected chi connectivity index (χ3v) is 18.5. The summed E-state index contributed by atoms with van der Waals surface area (Å²) in [5.74, 6) is 0. The number of nitrogens with zero attached hydrogens (tertiary/aromatic N) is 2. The number of hydrogen-bond donors (Lipinski definition) is 0. The first-order valence-corrected chi connectivity index (χ1v) is 25.9. The van der Waals surface area contributed by atoms with Gasteiger partial charge in [-0.15, -0.1) is 22.7 Å². The molecular weight excluding hydrogens is 824 g/mol. The number of hydrogen-bond acceptors (Lipinski definition) is 4. The van der Waals surface area contributed by atoms with Crippen molar-refractivity contribution in [1.29, 1.82) is 0 Å². The summed E-state index contributed by atoms with van der Waals surface area (Å²) in [4.78, 5) is 5.40. The molecule has 7 aromatic rings. The molecule has 2 aromatic heterocycles. The lowest BCUT2D eigenvalue weighted by Crippen LogP contribution is -2.59. The van der Waals surface area contributed by atoms with Crippen LogP contribution >= 0.6 is 22.7 Å². The van der Waals surface area contributed by atoms with Crippen molar-refractivity contribution in [3.05, 3.63) is 124 Å². The van der Waals surface area contributed by atoms with Gasteiger partial charge in [0.1, 0.15) is 0 Å². The monoisotopic (exact) mass is 892 g/mol. The second-order valence-corrected chi connectivity index (χ2v) is 28.4. The van der Waals surface area contributed by atoms with Crippen molar-refractivity contribution >= 4 is 98.7 Å². The van der Waals surface area contributed by atoms with E-state index in [1.54, 1.807) is 0 Å². The molecule has 0 N–H and O–H groups in total. The molecule has 5 heteroatoms. The molecule has 0 fully saturated rings. The normalized spacial score (nSPS) is 18.8. The highest BCUT2D eigenvalue weighted by Gasteiger charge is 2.50. The van der Waals surface area contributed by atoms with E-state index in [0.29, 0.717) is 0 Å². The second-order valence-electron chi connectivity index (χ2n) is 26.2. The van der Waals surface area contributed by atoms with E-state index in [-0.39, 0.29) is 44.6 Å². The van der Waals surface area contributed by atoms with Gasteiger partial charge in [0, 0.05) is 52.5 Å². The number of fused-ring (bicyclic) bond motifs is 10. The predicted octanol–water partition coefficient (Wildman–Crippen LogP) is 16.0. The maximum absolute atomic E-state index is 2.70. The first kappa shape index (κ1) is 43.3. The predicted molar refractivity (Wildman–Crippen MR) is 289 cm³/mol. The van der Waals surface area contributed by atoms with E-state index in [0.717, 1.165) is 12.8 Å². The molecule has 0 saturated carbocycles. The molecule has 4 aliphatic rings. The maximum Gasteiger partial charge on any atom is 0.277 e. The highest BCUT2D eigenvalue weighted by atomic mass is 32.1. The third-order valence-electron chi connectivity index (χ3n) is 16.1. The molecule has 0 atom stereocenters. The fourth-order valence-corrected chi connectivity index (χ4v) is 15.8. The summed E-state index contributed by atoms with van der Waals surface area (Å²) < 4.78 is 5.76. The minimum Gasteiger partial charge on any atom is -0.310 e. The molecule has 334 valence electrons. The second kappa shape index (κ2) is 13.2. The highest BCUT2D eigenvalue weighted by molar-refractivity contribution is 7.40. The van der Waals surface area contributed by atoms with Crippen LogP contribution in [0, 0.1) is 0 Å². The van der Waals surface area contributed by atoms with Crippen molar-refractivity contribution in [2.75, 3.05) is 9.80 Å². The lowest BCUT2D eigenvalue weighted by molar-refractivity contribution is 0.403. The minimum absolute atomic E-state index is 0.0568. The molecule has 2 aliphatic heterocycles. The van der Waals surface area contributed by atoms with Gasteiger partial charge in [-0.2, -0.15) is 0 Å². The Hall–Kier alpha value is -4.32. The Kier molecular flexibility index (Phi) is 8.80. The standard InChI is InChI=1S/C60H69BN2S2/c1-54(2,3)34-18-22-37(23-19-34)62-45-26-36(56(7,8)9)27-46-49(45)61(52-50(62)39-28-41-43(30-47(39)64-52)59(14,15)32-57(41,10)11)53-51(63(46)38-24-20-35(21-25-38)55(4,5)6)40-29-42-44(31-48(40)65-53)60(16,17)33-58(42,12)13/h18-31H,32-33H2,1-17H3. The van der Waals surface area contributed by atoms with Gasteiger partial charge in [-0.25, -0.2) is 0 Å². The summed E-state index contributed by atoms with van der Waals surface area (Å²) >= 11 is 4.13. The van der Waals surface area contributed by atoms with Gasteiger partial charge >= 0.3 is 0 Å². The molecule has 0 amide bonds. The molecule has 0 unspecified atom stereocenters. The SMILES string of the molecule is CC(C)(C)c1ccc(N2c3cc(C(C)(C)C)cc4c3B(c3sc5cc6c(cc5c32)C(C)(C)CC6(C)C)c2sc3cc5c(cc3c2N4c2ccc(C(C)(C)C)cc2)C(C)(C)CC5(C)C)cc1. The average Bonchev–Trinajstić information content (AvgIpc) is 3.86. The van der Waals surface area contributed by atoms with Gasteiger partial charge in [0.2, 0.25) is 0 Å². The van der Waals surface area contributed by atoms with E-state index >= 15 is 0 Å². The molecule has 2 nitrogen and oxygen atoms in total. The summed E-state index contributed by atoms with van der Waals surface area (Å²) in [6.07, 6.45) is 2.32. The van der Waals surface area contributed by atoms with Gasteiger partial charge in [0.25, 0.3) is 6.71 Å². The van der Waals surface area contributed by atoms with Crippen LogP contribution in [-0.2, 0) is 37.9 Å². The fourth-order valence-electron chi connectivity index (χ4n) is 13.1. The number of anilines is 6. The Morgan fingerprint density at radius 2 is 0.754 bits per heavy atom. The topological polar surface area (TPSA) is 6.48 Å². The van der Waals surface area contributed by atoms with Crippen LogP contribution in [0.4, 0.5) is 34.1 Å². The van der Waals surface area contributed by atoms with Crippen LogP contribution in [0.15, 0.2) is 84.9 Å². The zero-order valence-corrected chi connectivity index (χ0v) is 43.9. The number of thiophene rings is 2. The van der Waals surface area contributed by atoms with Crippen molar-refractivity contribution in [3.8, 4) is 0 Å². The van der Waals surface area contributed by atoms with E-state index < -0.39 is 0 Å². The van der Waals surface area contributed by atoms with Gasteiger partial charge in [-0.05, 0) is 156 Å². The smallest absolute Gasteiger partial charge is 0.277 e. The van der Waals surface area contributed by atoms with Crippen LogP contribution in [0.25, 0.3) is 20.2 Å². The lowest BCUT2D eigenvalue weighted by atomic mass is 9.39. The van der Waals surface area contributed by atoms with Crippen molar-refractivity contribution < 1.29 is 0 Å². The van der Waals surface area contributed by atoms with E-state index in [2.05, 4.69) is 235 Å². The first-order valence-electron chi connectivity index (χ1n) is 24.3. The van der Waals surface area contributed by atoms with Gasteiger partial charge in [-0.3, -0.25) is 0 Å². The minimum atomic E-state index is -0.0919. The van der Waals surface area contributed by atoms with Crippen molar-refractivity contribution in [1.82, 2.24) is 0 Å². The van der Waals surface area contributed by atoms with E-state index in [9.17, 15) is 0 Å². The van der Waals surface area contributed by atoms with Gasteiger partial charge in [0.15, 0.2) is 0 Å². The molecule has 0 radical (unpaired) electrons. The molecule has 2 aliphatic carbocycles. The van der Waals surface area contributed by atoms with E-state index in [4.69, 9.17) is 0 Å². The van der Waals surface area contributed by atoms with Crippen LogP contribution < -0.4 is 24.8 Å². The molecule has 4 heterocycles. The van der Waals surface area contributed by atoms with Gasteiger partial charge in [0.05, 0.1) is 11.4 Å².